The fraction of sp³-hybridized carbons (Fsp3) is 0.375. The molecule has 3 heterocycles. The minimum Gasteiger partial charge on any atom is -0.463 e. The Bertz CT molecular complexity index is 720. The van der Waals surface area contributed by atoms with E-state index in [1.54, 1.807) is 11.3 Å². The van der Waals surface area contributed by atoms with Crippen molar-refractivity contribution >= 4 is 17.7 Å². The summed E-state index contributed by atoms with van der Waals surface area (Å²) >= 11 is 1.63. The maximum absolute atomic E-state index is 13.3. The molecule has 132 valence electrons. The smallest absolute Gasteiger partial charge is 0.232 e. The summed E-state index contributed by atoms with van der Waals surface area (Å²) in [5, 5.41) is 11.6. The first-order valence-electron chi connectivity index (χ1n) is 8.22. The normalized spacial score (nSPS) is 19.4. The Morgan fingerprint density at radius 2 is 2.04 bits per heavy atom. The summed E-state index contributed by atoms with van der Waals surface area (Å²) in [7, 11) is 0. The Hall–Kier alpha value is -2.23. The SMILES string of the molecule is FN1N=CN(C(Oc2ccccc2)c2csc(C3CCNCC3)n2)N1. The molecule has 0 radical (unpaired) electrons. The summed E-state index contributed by atoms with van der Waals surface area (Å²) in [5.74, 6) is 1.15. The highest BCUT2D eigenvalue weighted by Crippen LogP contribution is 2.32. The lowest BCUT2D eigenvalue weighted by Crippen LogP contribution is -2.42. The third kappa shape index (κ3) is 3.73. The summed E-state index contributed by atoms with van der Waals surface area (Å²) in [4.78, 5) is 4.78. The van der Waals surface area contributed by atoms with Gasteiger partial charge in [0.05, 0.1) is 5.01 Å². The molecule has 2 aromatic rings. The van der Waals surface area contributed by atoms with Gasteiger partial charge in [-0.15, -0.1) is 16.4 Å². The zero-order valence-corrected chi connectivity index (χ0v) is 14.3. The van der Waals surface area contributed by atoms with E-state index in [9.17, 15) is 4.48 Å². The zero-order valence-electron chi connectivity index (χ0n) is 13.5. The number of rotatable bonds is 5. The molecule has 2 aliphatic rings. The number of halogens is 1. The summed E-state index contributed by atoms with van der Waals surface area (Å²) in [6, 6.07) is 9.40. The molecule has 25 heavy (non-hydrogen) atoms. The second-order valence-corrected chi connectivity index (χ2v) is 6.81. The molecule has 1 aromatic heterocycles. The van der Waals surface area contributed by atoms with E-state index in [0.29, 0.717) is 11.7 Å². The highest BCUT2D eigenvalue weighted by molar-refractivity contribution is 7.09. The third-order valence-corrected chi connectivity index (χ3v) is 5.23. The van der Waals surface area contributed by atoms with Crippen molar-refractivity contribution in [3.05, 3.63) is 46.4 Å². The van der Waals surface area contributed by atoms with Crippen molar-refractivity contribution in [1.82, 2.24) is 26.2 Å². The fourth-order valence-electron chi connectivity index (χ4n) is 2.92. The summed E-state index contributed by atoms with van der Waals surface area (Å²) < 4.78 is 19.3. The third-order valence-electron chi connectivity index (χ3n) is 4.20. The highest BCUT2D eigenvalue weighted by Gasteiger charge is 2.29. The van der Waals surface area contributed by atoms with Gasteiger partial charge in [-0.25, -0.2) is 9.99 Å². The van der Waals surface area contributed by atoms with Crippen LogP contribution in [0.15, 0.2) is 40.8 Å². The first-order valence-corrected chi connectivity index (χ1v) is 9.10. The number of para-hydroxylation sites is 1. The molecule has 2 aliphatic heterocycles. The fourth-order valence-corrected chi connectivity index (χ4v) is 3.92. The number of aromatic nitrogens is 1. The van der Waals surface area contributed by atoms with Gasteiger partial charge in [-0.05, 0) is 43.4 Å². The molecule has 1 fully saturated rings. The monoisotopic (exact) mass is 362 g/mol. The Labute approximate surface area is 149 Å². The van der Waals surface area contributed by atoms with Gasteiger partial charge in [-0.1, -0.05) is 28.2 Å². The maximum Gasteiger partial charge on any atom is 0.232 e. The van der Waals surface area contributed by atoms with Crippen LogP contribution in [0.4, 0.5) is 4.48 Å². The molecule has 2 N–H and O–H groups in total. The molecule has 0 bridgehead atoms. The van der Waals surface area contributed by atoms with Crippen LogP contribution in [-0.4, -0.2) is 34.8 Å². The van der Waals surface area contributed by atoms with Crippen molar-refractivity contribution in [1.29, 1.82) is 0 Å². The van der Waals surface area contributed by atoms with E-state index < -0.39 is 6.23 Å². The van der Waals surface area contributed by atoms with Gasteiger partial charge in [0.25, 0.3) is 0 Å². The Morgan fingerprint density at radius 3 is 2.76 bits per heavy atom. The molecule has 0 spiro atoms. The summed E-state index contributed by atoms with van der Waals surface area (Å²) in [5.41, 5.74) is 3.20. The Balaban J connectivity index is 1.57. The Morgan fingerprint density at radius 1 is 1.24 bits per heavy atom. The van der Waals surface area contributed by atoms with Crippen LogP contribution in [0.5, 0.6) is 5.75 Å². The van der Waals surface area contributed by atoms with Crippen LogP contribution in [0, 0.1) is 0 Å². The lowest BCUT2D eigenvalue weighted by atomic mass is 9.99. The van der Waals surface area contributed by atoms with Gasteiger partial charge in [0.15, 0.2) is 0 Å². The maximum atomic E-state index is 13.3. The largest absolute Gasteiger partial charge is 0.463 e. The van der Waals surface area contributed by atoms with E-state index >= 15 is 0 Å². The molecular formula is C16H19FN6OS. The van der Waals surface area contributed by atoms with Crippen molar-refractivity contribution in [3.63, 3.8) is 0 Å². The summed E-state index contributed by atoms with van der Waals surface area (Å²) in [6.45, 7) is 2.03. The average Bonchev–Trinajstić information content (AvgIpc) is 3.31. The van der Waals surface area contributed by atoms with E-state index in [1.165, 1.54) is 11.3 Å². The molecule has 1 unspecified atom stereocenters. The molecule has 1 aromatic carbocycles. The lowest BCUT2D eigenvalue weighted by Gasteiger charge is -2.25. The molecule has 7 nitrogen and oxygen atoms in total. The predicted molar refractivity (Wildman–Crippen MR) is 93.2 cm³/mol. The standard InChI is InChI=1S/C16H19FN6OS/c17-23-19-11-22(21-23)16(24-13-4-2-1-3-5-13)14-10-25-15(20-14)12-6-8-18-9-7-12/h1-5,10-12,16,18,21H,6-9H2. The minimum absolute atomic E-state index is 0.140. The van der Waals surface area contributed by atoms with Gasteiger partial charge in [0.1, 0.15) is 17.8 Å². The lowest BCUT2D eigenvalue weighted by molar-refractivity contribution is -0.0998. The van der Waals surface area contributed by atoms with Crippen molar-refractivity contribution in [3.8, 4) is 5.75 Å². The van der Waals surface area contributed by atoms with Crippen molar-refractivity contribution in [2.75, 3.05) is 13.1 Å². The average molecular weight is 362 g/mol. The molecule has 4 rings (SSSR count). The van der Waals surface area contributed by atoms with Gasteiger partial charge in [0, 0.05) is 11.3 Å². The quantitative estimate of drug-likeness (QED) is 0.797. The molecule has 0 amide bonds. The van der Waals surface area contributed by atoms with Crippen LogP contribution in [-0.2, 0) is 0 Å². The van der Waals surface area contributed by atoms with Crippen molar-refractivity contribution in [2.24, 2.45) is 5.10 Å². The molecular weight excluding hydrogens is 343 g/mol. The molecule has 0 aliphatic carbocycles. The van der Waals surface area contributed by atoms with Crippen molar-refractivity contribution < 1.29 is 9.22 Å². The molecule has 0 saturated carbocycles. The van der Waals surface area contributed by atoms with Crippen LogP contribution in [0.1, 0.15) is 35.7 Å². The van der Waals surface area contributed by atoms with Gasteiger partial charge in [0.2, 0.25) is 6.23 Å². The number of benzene rings is 1. The van der Waals surface area contributed by atoms with Gasteiger partial charge in [-0.2, -0.15) is 0 Å². The number of hydrazone groups is 1. The predicted octanol–water partition coefficient (Wildman–Crippen LogP) is 2.55. The number of piperidine rings is 1. The van der Waals surface area contributed by atoms with Crippen molar-refractivity contribution in [2.45, 2.75) is 25.0 Å². The number of nitrogens with zero attached hydrogens (tertiary/aromatic N) is 4. The zero-order chi connectivity index (χ0) is 17.1. The number of hydrogen-bond acceptors (Lipinski definition) is 8. The number of thiazole rings is 1. The van der Waals surface area contributed by atoms with E-state index in [4.69, 9.17) is 9.72 Å². The molecule has 1 saturated heterocycles. The summed E-state index contributed by atoms with van der Waals surface area (Å²) in [6.07, 6.45) is 2.90. The van der Waals surface area contributed by atoms with E-state index in [0.717, 1.165) is 36.6 Å². The van der Waals surface area contributed by atoms with Crippen LogP contribution >= 0.6 is 11.3 Å². The number of nitrogens with one attached hydrogen (secondary N) is 2. The number of hydrazine groups is 2. The van der Waals surface area contributed by atoms with Gasteiger partial charge >= 0.3 is 0 Å². The van der Waals surface area contributed by atoms with E-state index in [2.05, 4.69) is 16.0 Å². The van der Waals surface area contributed by atoms with E-state index in [-0.39, 0.29) is 5.34 Å². The highest BCUT2D eigenvalue weighted by atomic mass is 32.1. The second-order valence-electron chi connectivity index (χ2n) is 5.92. The minimum atomic E-state index is -0.612. The van der Waals surface area contributed by atoms with Crippen LogP contribution in [0.25, 0.3) is 0 Å². The second kappa shape index (κ2) is 7.34. The number of ether oxygens (including phenoxy) is 1. The van der Waals surface area contributed by atoms with Crippen LogP contribution in [0.3, 0.4) is 0 Å². The van der Waals surface area contributed by atoms with Crippen LogP contribution < -0.4 is 15.6 Å². The van der Waals surface area contributed by atoms with Crippen LogP contribution in [0.2, 0.25) is 0 Å². The Kier molecular flexibility index (Phi) is 4.77. The van der Waals surface area contributed by atoms with E-state index in [1.807, 2.05) is 35.7 Å². The van der Waals surface area contributed by atoms with Gasteiger partial charge in [-0.3, -0.25) is 0 Å². The number of hydrogen-bond donors (Lipinski definition) is 2. The topological polar surface area (TPSA) is 65.0 Å². The molecule has 9 heteroatoms. The first kappa shape index (κ1) is 16.2. The molecule has 1 atom stereocenters. The van der Waals surface area contributed by atoms with Gasteiger partial charge < -0.3 is 10.1 Å². The first-order chi connectivity index (χ1) is 12.3.